The van der Waals surface area contributed by atoms with Crippen LogP contribution in [0.25, 0.3) is 0 Å². The van der Waals surface area contributed by atoms with Crippen LogP contribution in [0.4, 0.5) is 10.5 Å². The molecule has 5 rings (SSSR count). The minimum atomic E-state index is -1.01. The van der Waals surface area contributed by atoms with Gasteiger partial charge in [0.25, 0.3) is 0 Å². The number of carboxylic acids is 1. The lowest BCUT2D eigenvalue weighted by atomic mass is 9.62. The molecule has 2 heterocycles. The third-order valence-corrected chi connectivity index (χ3v) is 10.4. The summed E-state index contributed by atoms with van der Waals surface area (Å²) in [6.45, 7) is 18.0. The van der Waals surface area contributed by atoms with Gasteiger partial charge in [-0.05, 0) is 91.8 Å². The molecule has 2 N–H and O–H groups in total. The number of hydrogen-bond donors (Lipinski definition) is 2. The van der Waals surface area contributed by atoms with E-state index in [0.29, 0.717) is 24.8 Å². The van der Waals surface area contributed by atoms with E-state index in [1.165, 1.54) is 11.1 Å². The van der Waals surface area contributed by atoms with E-state index in [1.54, 1.807) is 0 Å². The van der Waals surface area contributed by atoms with Gasteiger partial charge < -0.3 is 24.8 Å². The van der Waals surface area contributed by atoms with Gasteiger partial charge in [-0.1, -0.05) is 88.4 Å². The van der Waals surface area contributed by atoms with Gasteiger partial charge in [0.2, 0.25) is 0 Å². The van der Waals surface area contributed by atoms with Gasteiger partial charge in [-0.15, -0.1) is 0 Å². The molecule has 3 aromatic rings. The molecule has 2 aliphatic rings. The molecule has 3 aromatic carbocycles. The topological polar surface area (TPSA) is 88.1 Å². The zero-order valence-electron chi connectivity index (χ0n) is 29.4. The van der Waals surface area contributed by atoms with E-state index >= 15 is 0 Å². The molecule has 0 aromatic heterocycles. The summed E-state index contributed by atoms with van der Waals surface area (Å²) in [7, 11) is 0. The number of ether oxygens (including phenoxy) is 2. The van der Waals surface area contributed by atoms with Crippen LogP contribution < -0.4 is 10.1 Å². The van der Waals surface area contributed by atoms with Crippen LogP contribution in [0, 0.1) is 18.3 Å². The maximum Gasteiger partial charge on any atom is 0.341 e. The van der Waals surface area contributed by atoms with Crippen LogP contribution in [0.5, 0.6) is 5.75 Å². The van der Waals surface area contributed by atoms with Gasteiger partial charge in [0.1, 0.15) is 5.75 Å². The Balaban J connectivity index is 1.44. The number of likely N-dealkylation sites (tertiary alicyclic amines) is 1. The van der Waals surface area contributed by atoms with Crippen molar-refractivity contribution in [2.75, 3.05) is 25.0 Å². The van der Waals surface area contributed by atoms with Crippen molar-refractivity contribution in [2.24, 2.45) is 11.3 Å². The lowest BCUT2D eigenvalue weighted by molar-refractivity contribution is -0.167. The molecule has 0 bridgehead atoms. The number of urea groups is 1. The molecule has 7 heteroatoms. The predicted molar refractivity (Wildman–Crippen MR) is 192 cm³/mol. The number of rotatable bonds is 10. The average Bonchev–Trinajstić information content (AvgIpc) is 3.05. The summed E-state index contributed by atoms with van der Waals surface area (Å²) in [5.74, 6) is 0.237. The predicted octanol–water partition coefficient (Wildman–Crippen LogP) is 9.28. The van der Waals surface area contributed by atoms with E-state index in [9.17, 15) is 14.7 Å². The van der Waals surface area contributed by atoms with Crippen molar-refractivity contribution < 1.29 is 24.2 Å². The zero-order chi connectivity index (χ0) is 34.6. The Morgan fingerprint density at radius 3 is 2.23 bits per heavy atom. The summed E-state index contributed by atoms with van der Waals surface area (Å²) in [5, 5.41) is 12.6. The number of carbonyl (C=O) groups excluding carboxylic acids is 1. The second-order valence-electron chi connectivity index (χ2n) is 14.5. The maximum atomic E-state index is 13.4. The first-order chi connectivity index (χ1) is 22.9. The Morgan fingerprint density at radius 2 is 1.65 bits per heavy atom. The van der Waals surface area contributed by atoms with Crippen molar-refractivity contribution in [3.63, 3.8) is 0 Å². The summed E-state index contributed by atoms with van der Waals surface area (Å²) in [4.78, 5) is 26.9. The van der Waals surface area contributed by atoms with Crippen LogP contribution in [0.2, 0.25) is 0 Å². The summed E-state index contributed by atoms with van der Waals surface area (Å²) in [6, 6.07) is 22.6. The van der Waals surface area contributed by atoms with E-state index in [1.807, 2.05) is 29.2 Å². The quantitative estimate of drug-likeness (QED) is 0.213. The molecule has 2 fully saturated rings. The van der Waals surface area contributed by atoms with Gasteiger partial charge in [0, 0.05) is 35.7 Å². The highest BCUT2D eigenvalue weighted by atomic mass is 16.5. The second kappa shape index (κ2) is 15.0. The Bertz CT molecular complexity index is 1590. The van der Waals surface area contributed by atoms with Gasteiger partial charge >= 0.3 is 12.0 Å². The molecule has 2 amide bonds. The third-order valence-electron chi connectivity index (χ3n) is 10.4. The van der Waals surface area contributed by atoms with E-state index in [-0.39, 0.29) is 35.5 Å². The highest BCUT2D eigenvalue weighted by Crippen LogP contribution is 2.55. The fourth-order valence-electron chi connectivity index (χ4n) is 7.47. The number of nitrogens with zero attached hydrogens (tertiary/aromatic N) is 1. The van der Waals surface area contributed by atoms with Crippen LogP contribution in [0.15, 0.2) is 78.9 Å². The smallest absolute Gasteiger partial charge is 0.341 e. The van der Waals surface area contributed by atoms with E-state index < -0.39 is 12.6 Å². The number of benzene rings is 3. The van der Waals surface area contributed by atoms with Crippen LogP contribution in [0.1, 0.15) is 99.6 Å². The number of anilines is 1. The van der Waals surface area contributed by atoms with Gasteiger partial charge in [-0.25, -0.2) is 9.59 Å². The second-order valence-corrected chi connectivity index (χ2v) is 14.5. The first-order valence-electron chi connectivity index (χ1n) is 17.4. The number of nitrogens with one attached hydrogen (secondary N) is 1. The molecule has 3 atom stereocenters. The van der Waals surface area contributed by atoms with Crippen molar-refractivity contribution in [3.8, 4) is 5.75 Å². The largest absolute Gasteiger partial charge is 0.482 e. The van der Waals surface area contributed by atoms with Crippen molar-refractivity contribution in [1.82, 2.24) is 4.90 Å². The lowest BCUT2D eigenvalue weighted by Crippen LogP contribution is -2.54. The number of carboxylic acid groups (broad SMARTS) is 1. The number of carbonyl (C=O) groups is 2. The monoisotopic (exact) mass is 652 g/mol. The molecule has 0 aliphatic carbocycles. The number of amides is 2. The summed E-state index contributed by atoms with van der Waals surface area (Å²) >= 11 is 0. The molecular weight excluding hydrogens is 600 g/mol. The lowest BCUT2D eigenvalue weighted by Gasteiger charge is -2.54. The molecular formula is C41H52N2O5. The van der Waals surface area contributed by atoms with E-state index in [0.717, 1.165) is 53.6 Å². The highest BCUT2D eigenvalue weighted by molar-refractivity contribution is 5.89. The zero-order valence-corrected chi connectivity index (χ0v) is 29.4. The Morgan fingerprint density at radius 1 is 1.00 bits per heavy atom. The van der Waals surface area contributed by atoms with Crippen LogP contribution >= 0.6 is 0 Å². The number of piperidine rings is 1. The Hall–Kier alpha value is -4.10. The normalized spacial score (nSPS) is 20.6. The van der Waals surface area contributed by atoms with E-state index in [4.69, 9.17) is 9.47 Å². The van der Waals surface area contributed by atoms with Crippen molar-refractivity contribution in [1.29, 1.82) is 0 Å². The summed E-state index contributed by atoms with van der Waals surface area (Å²) in [6.07, 6.45) is 2.76. The molecule has 7 nitrogen and oxygen atoms in total. The fourth-order valence-corrected chi connectivity index (χ4v) is 7.47. The highest BCUT2D eigenvalue weighted by Gasteiger charge is 2.51. The Kier molecular flexibility index (Phi) is 11.0. The first kappa shape index (κ1) is 35.2. The standard InChI is InChI=1S/C41H52N2O5/c1-26(2)31-13-15-33(16-14-31)42-40(46)43-19-17-41(18-20-43)24-34(28(5)6)39(48-36(41)22-30-11-9-8-10-12-30)38-29(7)21-32(27(3)4)23-35(38)47-25-37(44)45/h8-16,21,23,26-27,34,36,39H,5,17-20,22,24-25H2,1-4,6-7H3,(H,42,46)(H,44,45)/t34-,36+,39+/m0/s1. The third kappa shape index (κ3) is 7.95. The minimum absolute atomic E-state index is 0.00681. The fraction of sp³-hybridized carbons (Fsp3) is 0.463. The van der Waals surface area contributed by atoms with Crippen LogP contribution in [-0.4, -0.2) is 47.8 Å². The van der Waals surface area contributed by atoms with Gasteiger partial charge in [-0.3, -0.25) is 0 Å². The van der Waals surface area contributed by atoms with Crippen LogP contribution in [-0.2, 0) is 16.0 Å². The number of aliphatic carboxylic acids is 1. The van der Waals surface area contributed by atoms with Gasteiger partial charge in [0.15, 0.2) is 6.61 Å². The van der Waals surface area contributed by atoms with Crippen LogP contribution in [0.3, 0.4) is 0 Å². The first-order valence-corrected chi connectivity index (χ1v) is 17.4. The molecule has 0 radical (unpaired) electrons. The molecule has 1 spiro atoms. The SMILES string of the molecule is C=C(C)[C@@H]1CC2(CCN(C(=O)Nc3ccc(C(C)C)cc3)CC2)[C@@H](Cc2ccccc2)O[C@H]1c1c(C)cc(C(C)C)cc1OCC(=O)O. The van der Waals surface area contributed by atoms with Crippen molar-refractivity contribution >= 4 is 17.7 Å². The molecule has 2 aliphatic heterocycles. The minimum Gasteiger partial charge on any atom is -0.482 e. The molecule has 48 heavy (non-hydrogen) atoms. The summed E-state index contributed by atoms with van der Waals surface area (Å²) in [5.41, 5.74) is 7.14. The number of hydrogen-bond acceptors (Lipinski definition) is 4. The van der Waals surface area contributed by atoms with Gasteiger partial charge in [0.05, 0.1) is 12.2 Å². The maximum absolute atomic E-state index is 13.4. The van der Waals surface area contributed by atoms with Crippen molar-refractivity contribution in [3.05, 3.63) is 107 Å². The molecule has 0 unspecified atom stereocenters. The van der Waals surface area contributed by atoms with Crippen molar-refractivity contribution in [2.45, 2.75) is 91.3 Å². The summed E-state index contributed by atoms with van der Waals surface area (Å²) < 4.78 is 13.3. The Labute approximate surface area is 286 Å². The average molecular weight is 653 g/mol. The molecule has 2 saturated heterocycles. The van der Waals surface area contributed by atoms with Gasteiger partial charge in [-0.2, -0.15) is 0 Å². The number of aryl methyl sites for hydroxylation is 1. The van der Waals surface area contributed by atoms with E-state index in [2.05, 4.69) is 95.9 Å². The molecule has 256 valence electrons. The molecule has 0 saturated carbocycles.